The summed E-state index contributed by atoms with van der Waals surface area (Å²) in [5.41, 5.74) is 2.57. The van der Waals surface area contributed by atoms with Gasteiger partial charge in [0.15, 0.2) is 18.1 Å². The van der Waals surface area contributed by atoms with Crippen molar-refractivity contribution in [2.45, 2.75) is 18.9 Å². The maximum Gasteiger partial charge on any atom is 0.329 e. The predicted molar refractivity (Wildman–Crippen MR) is 126 cm³/mol. The molecule has 0 aromatic heterocycles. The van der Waals surface area contributed by atoms with Crippen molar-refractivity contribution in [3.8, 4) is 11.5 Å². The Bertz CT molecular complexity index is 1110. The summed E-state index contributed by atoms with van der Waals surface area (Å²) < 4.78 is 29.8. The summed E-state index contributed by atoms with van der Waals surface area (Å²) in [7, 11) is 1.37. The van der Waals surface area contributed by atoms with E-state index < -0.39 is 30.1 Å². The zero-order valence-electron chi connectivity index (χ0n) is 18.8. The van der Waals surface area contributed by atoms with Gasteiger partial charge in [0, 0.05) is 13.2 Å². The van der Waals surface area contributed by atoms with Crippen molar-refractivity contribution in [3.63, 3.8) is 0 Å². The minimum atomic E-state index is -0.932. The first-order chi connectivity index (χ1) is 16.9. The largest absolute Gasteiger partial charge is 0.493 e. The van der Waals surface area contributed by atoms with Crippen LogP contribution in [0.25, 0.3) is 0 Å². The molecule has 0 unspecified atom stereocenters. The monoisotopic (exact) mass is 506 g/mol. The molecule has 3 amide bonds. The van der Waals surface area contributed by atoms with Gasteiger partial charge in [0.1, 0.15) is 5.82 Å². The minimum Gasteiger partial charge on any atom is -0.493 e. The van der Waals surface area contributed by atoms with Crippen LogP contribution in [0.2, 0.25) is 5.02 Å². The lowest BCUT2D eigenvalue weighted by atomic mass is 10.2. The molecule has 0 bridgehead atoms. The lowest BCUT2D eigenvalue weighted by Gasteiger charge is -2.13. The van der Waals surface area contributed by atoms with E-state index >= 15 is 0 Å². The Kier molecular flexibility index (Phi) is 9.39. The Hall–Kier alpha value is -3.70. The smallest absolute Gasteiger partial charge is 0.329 e. The third-order valence-corrected chi connectivity index (χ3v) is 5.13. The molecule has 2 aromatic rings. The van der Waals surface area contributed by atoms with Crippen LogP contribution in [0, 0.1) is 5.82 Å². The lowest BCUT2D eigenvalue weighted by molar-refractivity contribution is -0.139. The van der Waals surface area contributed by atoms with Crippen LogP contribution in [-0.4, -0.2) is 56.9 Å². The number of halogens is 2. The molecule has 0 spiro atoms. The Labute approximate surface area is 205 Å². The molecule has 1 atom stereocenters. The number of para-hydroxylation sites is 1. The number of benzene rings is 2. The number of hydrazone groups is 1. The molecule has 186 valence electrons. The molecular weight excluding hydrogens is 483 g/mol. The zero-order valence-corrected chi connectivity index (χ0v) is 19.6. The lowest BCUT2D eigenvalue weighted by Crippen LogP contribution is -2.41. The number of methoxy groups -OCH3 is 1. The fourth-order valence-electron chi connectivity index (χ4n) is 3.15. The maximum absolute atomic E-state index is 13.7. The van der Waals surface area contributed by atoms with Crippen LogP contribution in [-0.2, 0) is 19.1 Å². The average Bonchev–Trinajstić information content (AvgIpc) is 3.36. The highest BCUT2D eigenvalue weighted by molar-refractivity contribution is 6.35. The van der Waals surface area contributed by atoms with Crippen molar-refractivity contribution in [1.82, 2.24) is 10.7 Å². The summed E-state index contributed by atoms with van der Waals surface area (Å²) in [6.07, 6.45) is 2.93. The Morgan fingerprint density at radius 2 is 2.06 bits per heavy atom. The van der Waals surface area contributed by atoms with Crippen LogP contribution >= 0.6 is 11.6 Å². The van der Waals surface area contributed by atoms with Crippen molar-refractivity contribution >= 4 is 41.2 Å². The summed E-state index contributed by atoms with van der Waals surface area (Å²) in [5.74, 6) is -2.65. The molecule has 0 saturated carbocycles. The van der Waals surface area contributed by atoms with Gasteiger partial charge >= 0.3 is 11.8 Å². The maximum atomic E-state index is 13.7. The van der Waals surface area contributed by atoms with Gasteiger partial charge in [0.05, 0.1) is 30.1 Å². The van der Waals surface area contributed by atoms with E-state index in [1.54, 1.807) is 6.07 Å². The Balaban J connectivity index is 1.53. The van der Waals surface area contributed by atoms with Crippen molar-refractivity contribution < 1.29 is 33.0 Å². The number of rotatable bonds is 9. The molecule has 1 saturated heterocycles. The van der Waals surface area contributed by atoms with Gasteiger partial charge in [-0.3, -0.25) is 14.4 Å². The highest BCUT2D eigenvalue weighted by atomic mass is 35.5. The first-order valence-electron chi connectivity index (χ1n) is 10.6. The topological polar surface area (TPSA) is 127 Å². The zero-order chi connectivity index (χ0) is 25.2. The van der Waals surface area contributed by atoms with Crippen LogP contribution in [0.1, 0.15) is 18.4 Å². The van der Waals surface area contributed by atoms with Gasteiger partial charge < -0.3 is 24.8 Å². The van der Waals surface area contributed by atoms with Gasteiger partial charge in [-0.05, 0) is 42.7 Å². The molecule has 12 heteroatoms. The fraction of sp³-hybridized carbons (Fsp3) is 0.304. The fourth-order valence-corrected chi connectivity index (χ4v) is 3.42. The quantitative estimate of drug-likeness (QED) is 0.272. The molecule has 10 nitrogen and oxygen atoms in total. The third-order valence-electron chi connectivity index (χ3n) is 4.85. The molecule has 3 N–H and O–H groups in total. The van der Waals surface area contributed by atoms with Gasteiger partial charge in [0.25, 0.3) is 5.91 Å². The van der Waals surface area contributed by atoms with Crippen LogP contribution in [0.3, 0.4) is 0 Å². The van der Waals surface area contributed by atoms with E-state index in [2.05, 4.69) is 21.2 Å². The van der Waals surface area contributed by atoms with E-state index in [0.29, 0.717) is 12.2 Å². The second kappa shape index (κ2) is 12.7. The number of carbonyl (C=O) groups excluding carboxylic acids is 3. The van der Waals surface area contributed by atoms with Gasteiger partial charge in [-0.25, -0.2) is 9.82 Å². The summed E-state index contributed by atoms with van der Waals surface area (Å²) in [4.78, 5) is 35.8. The highest BCUT2D eigenvalue weighted by Crippen LogP contribution is 2.36. The van der Waals surface area contributed by atoms with E-state index in [4.69, 9.17) is 25.8 Å². The van der Waals surface area contributed by atoms with Gasteiger partial charge in [-0.1, -0.05) is 23.7 Å². The first-order valence-corrected chi connectivity index (χ1v) is 11.0. The van der Waals surface area contributed by atoms with E-state index in [9.17, 15) is 18.8 Å². The predicted octanol–water partition coefficient (Wildman–Crippen LogP) is 2.25. The SMILES string of the molecule is COc1cc(/C=N\NC(=O)C(=O)NC[C@H]2CCCO2)cc(Cl)c1OCC(=O)Nc1ccccc1F. The van der Waals surface area contributed by atoms with Gasteiger partial charge in [0.2, 0.25) is 0 Å². The molecule has 35 heavy (non-hydrogen) atoms. The second-order valence-corrected chi connectivity index (χ2v) is 7.80. The normalized spacial score (nSPS) is 15.0. The van der Waals surface area contributed by atoms with Crippen LogP contribution in [0.5, 0.6) is 11.5 Å². The molecular formula is C23H24ClFN4O6. The van der Waals surface area contributed by atoms with Gasteiger partial charge in [-0.2, -0.15) is 5.10 Å². The number of amides is 3. The summed E-state index contributed by atoms with van der Waals surface area (Å²) in [6, 6.07) is 8.69. The minimum absolute atomic E-state index is 0.0216. The number of hydrogen-bond acceptors (Lipinski definition) is 7. The third kappa shape index (κ3) is 7.66. The number of ether oxygens (including phenoxy) is 3. The number of nitrogens with zero attached hydrogens (tertiary/aromatic N) is 1. The molecule has 1 aliphatic heterocycles. The molecule has 2 aromatic carbocycles. The second-order valence-electron chi connectivity index (χ2n) is 7.39. The number of nitrogens with one attached hydrogen (secondary N) is 3. The standard InChI is InChI=1S/C23H24ClFN4O6/c1-33-19-10-14(11-27-29-23(32)22(31)26-12-15-5-4-8-34-15)9-16(24)21(19)35-13-20(30)28-18-7-3-2-6-17(18)25/h2-3,6-7,9-11,15H,4-5,8,12-13H2,1H3,(H,26,31)(H,28,30)(H,29,32)/b27-11-/t15-/m1/s1. The highest BCUT2D eigenvalue weighted by Gasteiger charge is 2.19. The molecule has 3 rings (SSSR count). The summed E-state index contributed by atoms with van der Waals surface area (Å²) in [6.45, 7) is 0.450. The van der Waals surface area contributed by atoms with Crippen molar-refractivity contribution in [2.24, 2.45) is 5.10 Å². The van der Waals surface area contributed by atoms with E-state index in [-0.39, 0.29) is 34.9 Å². The van der Waals surface area contributed by atoms with E-state index in [0.717, 1.165) is 12.8 Å². The Morgan fingerprint density at radius 1 is 1.26 bits per heavy atom. The van der Waals surface area contributed by atoms with Crippen LogP contribution in [0.15, 0.2) is 41.5 Å². The van der Waals surface area contributed by atoms with Gasteiger partial charge in [-0.15, -0.1) is 0 Å². The van der Waals surface area contributed by atoms with Crippen LogP contribution in [0.4, 0.5) is 10.1 Å². The number of hydrogen-bond donors (Lipinski definition) is 3. The summed E-state index contributed by atoms with van der Waals surface area (Å²) in [5, 5.41) is 8.73. The molecule has 1 aliphatic rings. The first kappa shape index (κ1) is 25.9. The Morgan fingerprint density at radius 3 is 2.77 bits per heavy atom. The summed E-state index contributed by atoms with van der Waals surface area (Å²) >= 11 is 6.26. The van der Waals surface area contributed by atoms with Crippen LogP contribution < -0.4 is 25.5 Å². The number of carbonyl (C=O) groups is 3. The van der Waals surface area contributed by atoms with Crippen molar-refractivity contribution in [1.29, 1.82) is 0 Å². The van der Waals surface area contributed by atoms with E-state index in [1.165, 1.54) is 43.7 Å². The van der Waals surface area contributed by atoms with Crippen molar-refractivity contribution in [3.05, 3.63) is 52.8 Å². The number of anilines is 1. The molecule has 0 radical (unpaired) electrons. The average molecular weight is 507 g/mol. The molecule has 1 fully saturated rings. The molecule has 0 aliphatic carbocycles. The van der Waals surface area contributed by atoms with E-state index in [1.807, 2.05) is 0 Å². The molecule has 1 heterocycles. The van der Waals surface area contributed by atoms with Crippen molar-refractivity contribution in [2.75, 3.05) is 32.2 Å².